The molecule has 4 rings (SSSR count). The van der Waals surface area contributed by atoms with Crippen LogP contribution in [0.2, 0.25) is 0 Å². The number of hydrogen-bond acceptors (Lipinski definition) is 5. The van der Waals surface area contributed by atoms with Gasteiger partial charge in [-0.3, -0.25) is 14.8 Å². The summed E-state index contributed by atoms with van der Waals surface area (Å²) in [5.41, 5.74) is 5.41. The Morgan fingerprint density at radius 1 is 1.26 bits per heavy atom. The summed E-state index contributed by atoms with van der Waals surface area (Å²) in [5.74, 6) is 0.500. The lowest BCUT2D eigenvalue weighted by atomic mass is 10.0. The van der Waals surface area contributed by atoms with E-state index in [2.05, 4.69) is 21.5 Å². The number of rotatable bonds is 4. The SMILES string of the molecule is Cc1cc(C)cc(O[C@H](C)C(=O)Nc2nc3c(s2)CCc2c-3cnn2C)c1. The third-order valence-electron chi connectivity index (χ3n) is 4.71. The van der Waals surface area contributed by atoms with Gasteiger partial charge in [0.2, 0.25) is 0 Å². The molecule has 140 valence electrons. The van der Waals surface area contributed by atoms with Gasteiger partial charge in [0.05, 0.1) is 11.9 Å². The lowest BCUT2D eigenvalue weighted by Gasteiger charge is -2.14. The smallest absolute Gasteiger partial charge is 0.266 e. The number of amides is 1. The lowest BCUT2D eigenvalue weighted by Crippen LogP contribution is -2.30. The molecule has 27 heavy (non-hydrogen) atoms. The molecular weight excluding hydrogens is 360 g/mol. The molecule has 0 spiro atoms. The molecule has 6 nitrogen and oxygen atoms in total. The van der Waals surface area contributed by atoms with Crippen molar-refractivity contribution in [1.82, 2.24) is 14.8 Å². The lowest BCUT2D eigenvalue weighted by molar-refractivity contribution is -0.122. The van der Waals surface area contributed by atoms with Crippen LogP contribution in [-0.4, -0.2) is 26.8 Å². The second-order valence-corrected chi connectivity index (χ2v) is 8.08. The molecular formula is C20H22N4O2S. The van der Waals surface area contributed by atoms with Crippen molar-refractivity contribution in [3.63, 3.8) is 0 Å². The number of thiazole rings is 1. The highest BCUT2D eigenvalue weighted by atomic mass is 32.1. The number of aromatic nitrogens is 3. The van der Waals surface area contributed by atoms with E-state index in [-0.39, 0.29) is 5.91 Å². The van der Waals surface area contributed by atoms with E-state index < -0.39 is 6.10 Å². The van der Waals surface area contributed by atoms with E-state index in [1.165, 1.54) is 21.9 Å². The molecule has 0 aliphatic heterocycles. The summed E-state index contributed by atoms with van der Waals surface area (Å²) in [6.45, 7) is 5.77. The number of carbonyl (C=O) groups excluding carboxylic acids is 1. The molecule has 0 saturated heterocycles. The predicted octanol–water partition coefficient (Wildman–Crippen LogP) is 3.67. The van der Waals surface area contributed by atoms with Gasteiger partial charge in [0, 0.05) is 23.2 Å². The van der Waals surface area contributed by atoms with Crippen molar-refractivity contribution < 1.29 is 9.53 Å². The van der Waals surface area contributed by atoms with Crippen molar-refractivity contribution in [2.45, 2.75) is 39.7 Å². The summed E-state index contributed by atoms with van der Waals surface area (Å²) < 4.78 is 7.72. The van der Waals surface area contributed by atoms with E-state index in [0.29, 0.717) is 10.9 Å². The molecule has 0 bridgehead atoms. The van der Waals surface area contributed by atoms with Crippen LogP contribution in [0.4, 0.5) is 5.13 Å². The zero-order valence-electron chi connectivity index (χ0n) is 15.9. The molecule has 1 aliphatic carbocycles. The summed E-state index contributed by atoms with van der Waals surface area (Å²) >= 11 is 1.53. The van der Waals surface area contributed by atoms with Gasteiger partial charge in [-0.05, 0) is 56.9 Å². The van der Waals surface area contributed by atoms with Gasteiger partial charge in [0.1, 0.15) is 5.75 Å². The summed E-state index contributed by atoms with van der Waals surface area (Å²) in [6.07, 6.45) is 3.11. The third kappa shape index (κ3) is 3.47. The maximum Gasteiger partial charge on any atom is 0.266 e. The van der Waals surface area contributed by atoms with Crippen molar-refractivity contribution >= 4 is 22.4 Å². The van der Waals surface area contributed by atoms with Gasteiger partial charge in [0.25, 0.3) is 5.91 Å². The topological polar surface area (TPSA) is 69.0 Å². The zero-order chi connectivity index (χ0) is 19.1. The number of hydrogen-bond donors (Lipinski definition) is 1. The molecule has 0 fully saturated rings. The molecule has 2 aromatic heterocycles. The maximum absolute atomic E-state index is 12.6. The van der Waals surface area contributed by atoms with E-state index in [0.717, 1.165) is 35.2 Å². The first-order valence-electron chi connectivity index (χ1n) is 8.97. The minimum atomic E-state index is -0.610. The number of benzene rings is 1. The number of aryl methyl sites for hydroxylation is 4. The van der Waals surface area contributed by atoms with E-state index in [1.807, 2.05) is 43.9 Å². The van der Waals surface area contributed by atoms with E-state index >= 15 is 0 Å². The predicted molar refractivity (Wildman–Crippen MR) is 106 cm³/mol. The highest BCUT2D eigenvalue weighted by Gasteiger charge is 2.25. The van der Waals surface area contributed by atoms with Gasteiger partial charge >= 0.3 is 0 Å². The van der Waals surface area contributed by atoms with Crippen LogP contribution in [-0.2, 0) is 24.7 Å². The Balaban J connectivity index is 1.48. The monoisotopic (exact) mass is 382 g/mol. The van der Waals surface area contributed by atoms with Crippen LogP contribution in [0.3, 0.4) is 0 Å². The Morgan fingerprint density at radius 3 is 2.74 bits per heavy atom. The molecule has 0 saturated carbocycles. The molecule has 2 heterocycles. The van der Waals surface area contributed by atoms with Gasteiger partial charge < -0.3 is 4.74 Å². The fourth-order valence-corrected chi connectivity index (χ4v) is 4.42. The standard InChI is InChI=1S/C20H22N4O2S/c1-11-7-12(2)9-14(8-11)26-13(3)19(25)23-20-22-18-15-10-21-24(4)16(15)5-6-17(18)27-20/h7-10,13H,5-6H2,1-4H3,(H,22,23,25)/t13-/m1/s1. The molecule has 1 amide bonds. The Bertz CT molecular complexity index is 1000. The highest BCUT2D eigenvalue weighted by Crippen LogP contribution is 2.37. The van der Waals surface area contributed by atoms with Crippen molar-refractivity contribution in [1.29, 1.82) is 0 Å². The minimum Gasteiger partial charge on any atom is -0.481 e. The summed E-state index contributed by atoms with van der Waals surface area (Å²) in [6, 6.07) is 5.94. The second kappa shape index (κ2) is 6.81. The van der Waals surface area contributed by atoms with E-state index in [1.54, 1.807) is 6.92 Å². The largest absolute Gasteiger partial charge is 0.481 e. The third-order valence-corrected chi connectivity index (χ3v) is 5.74. The highest BCUT2D eigenvalue weighted by molar-refractivity contribution is 7.16. The maximum atomic E-state index is 12.6. The fourth-order valence-electron chi connectivity index (χ4n) is 3.44. The molecule has 1 aliphatic rings. The average molecular weight is 382 g/mol. The number of fused-ring (bicyclic) bond motifs is 3. The van der Waals surface area contributed by atoms with Crippen molar-refractivity contribution in [3.8, 4) is 17.0 Å². The molecule has 1 atom stereocenters. The summed E-state index contributed by atoms with van der Waals surface area (Å²) in [4.78, 5) is 18.4. The van der Waals surface area contributed by atoms with Crippen molar-refractivity contribution in [2.75, 3.05) is 5.32 Å². The number of carbonyl (C=O) groups is 1. The average Bonchev–Trinajstić information content (AvgIpc) is 3.16. The zero-order valence-corrected chi connectivity index (χ0v) is 16.7. The first kappa shape index (κ1) is 17.7. The molecule has 0 unspecified atom stereocenters. The summed E-state index contributed by atoms with van der Waals surface area (Å²) in [5, 5.41) is 7.84. The van der Waals surface area contributed by atoms with Crippen LogP contribution in [0.25, 0.3) is 11.3 Å². The van der Waals surface area contributed by atoms with Crippen molar-refractivity contribution in [3.05, 3.63) is 46.1 Å². The Labute approximate surface area is 162 Å². The van der Waals surface area contributed by atoms with Crippen molar-refractivity contribution in [2.24, 2.45) is 7.05 Å². The van der Waals surface area contributed by atoms with Gasteiger partial charge in [-0.1, -0.05) is 6.07 Å². The van der Waals surface area contributed by atoms with E-state index in [4.69, 9.17) is 4.74 Å². The molecule has 3 aromatic rings. The number of nitrogens with one attached hydrogen (secondary N) is 1. The Morgan fingerprint density at radius 2 is 2.00 bits per heavy atom. The molecule has 1 aromatic carbocycles. The second-order valence-electron chi connectivity index (χ2n) is 6.99. The van der Waals surface area contributed by atoms with Crippen LogP contribution in [0.1, 0.15) is 28.6 Å². The number of ether oxygens (including phenoxy) is 1. The quantitative estimate of drug-likeness (QED) is 0.748. The normalized spacial score (nSPS) is 13.6. The van der Waals surface area contributed by atoms with Crippen LogP contribution in [0, 0.1) is 13.8 Å². The molecule has 7 heteroatoms. The van der Waals surface area contributed by atoms with Gasteiger partial charge in [-0.15, -0.1) is 11.3 Å². The molecule has 0 radical (unpaired) electrons. The molecule has 1 N–H and O–H groups in total. The van der Waals surface area contributed by atoms with Gasteiger partial charge in [-0.25, -0.2) is 4.98 Å². The first-order valence-corrected chi connectivity index (χ1v) is 9.79. The van der Waals surface area contributed by atoms with E-state index in [9.17, 15) is 4.79 Å². The number of anilines is 1. The first-order chi connectivity index (χ1) is 12.9. The van der Waals surface area contributed by atoms with Gasteiger partial charge in [-0.2, -0.15) is 5.10 Å². The van der Waals surface area contributed by atoms with Crippen LogP contribution in [0.15, 0.2) is 24.4 Å². The van der Waals surface area contributed by atoms with Crippen LogP contribution in [0.5, 0.6) is 5.75 Å². The fraction of sp³-hybridized carbons (Fsp3) is 0.350. The van der Waals surface area contributed by atoms with Crippen LogP contribution < -0.4 is 10.1 Å². The summed E-state index contributed by atoms with van der Waals surface area (Å²) in [7, 11) is 1.95. The van der Waals surface area contributed by atoms with Crippen LogP contribution >= 0.6 is 11.3 Å². The minimum absolute atomic E-state index is 0.202. The van der Waals surface area contributed by atoms with Gasteiger partial charge in [0.15, 0.2) is 11.2 Å². The Hall–Kier alpha value is -2.67. The number of nitrogens with zero attached hydrogens (tertiary/aromatic N) is 3. The Kier molecular flexibility index (Phi) is 4.47.